The number of rotatable bonds is 9. The third-order valence-corrected chi connectivity index (χ3v) is 3.38. The van der Waals surface area contributed by atoms with Crippen molar-refractivity contribution in [2.75, 3.05) is 45.7 Å². The fraction of sp³-hybridized carbons (Fsp3) is 0.562. The molecule has 0 aliphatic rings. The van der Waals surface area contributed by atoms with Crippen LogP contribution in [0.1, 0.15) is 13.3 Å². The fourth-order valence-electron chi connectivity index (χ4n) is 2.19. The average Bonchev–Trinajstić information content (AvgIpc) is 2.45. The number of hydrogen-bond acceptors (Lipinski definition) is 4. The molecule has 1 aromatic rings. The summed E-state index contributed by atoms with van der Waals surface area (Å²) in [4.78, 5) is 15.4. The van der Waals surface area contributed by atoms with Gasteiger partial charge in [-0.2, -0.15) is 0 Å². The number of carbonyl (C=O) groups is 1. The molecule has 118 valence electrons. The summed E-state index contributed by atoms with van der Waals surface area (Å²) in [6.07, 6.45) is 0.970. The molecule has 0 aromatic heterocycles. The summed E-state index contributed by atoms with van der Waals surface area (Å²) in [5.74, 6) is -0.420. The first-order valence-electron chi connectivity index (χ1n) is 7.21. The van der Waals surface area contributed by atoms with Crippen LogP contribution in [-0.2, 0) is 4.79 Å². The lowest BCUT2D eigenvalue weighted by molar-refractivity contribution is -0.140. The van der Waals surface area contributed by atoms with Crippen LogP contribution in [0.15, 0.2) is 24.3 Å². The Labute approximate surface area is 127 Å². The molecule has 0 bridgehead atoms. The minimum absolute atomic E-state index is 0.422. The zero-order valence-electron chi connectivity index (χ0n) is 13.4. The minimum Gasteiger partial charge on any atom is -0.495 e. The lowest BCUT2D eigenvalue weighted by Crippen LogP contribution is -2.34. The zero-order valence-corrected chi connectivity index (χ0v) is 13.4. The largest absolute Gasteiger partial charge is 0.495 e. The van der Waals surface area contributed by atoms with E-state index in [-0.39, 0.29) is 0 Å². The molecule has 1 unspecified atom stereocenters. The van der Waals surface area contributed by atoms with Crippen molar-refractivity contribution in [1.29, 1.82) is 0 Å². The summed E-state index contributed by atoms with van der Waals surface area (Å²) in [6.45, 7) is 3.98. The highest BCUT2D eigenvalue weighted by Gasteiger charge is 2.18. The Morgan fingerprint density at radius 2 is 1.95 bits per heavy atom. The number of aliphatic carboxylic acids is 1. The molecule has 0 radical (unpaired) electrons. The molecular weight excluding hydrogens is 268 g/mol. The van der Waals surface area contributed by atoms with Crippen LogP contribution in [0.2, 0.25) is 0 Å². The van der Waals surface area contributed by atoms with E-state index in [9.17, 15) is 4.79 Å². The van der Waals surface area contributed by atoms with Crippen LogP contribution in [0.4, 0.5) is 5.69 Å². The maximum absolute atomic E-state index is 11.1. The average molecular weight is 294 g/mol. The summed E-state index contributed by atoms with van der Waals surface area (Å²) >= 11 is 0. The Hall–Kier alpha value is -1.75. The Morgan fingerprint density at radius 3 is 2.52 bits per heavy atom. The second-order valence-corrected chi connectivity index (χ2v) is 5.51. The number of carboxylic acids is 1. The lowest BCUT2D eigenvalue weighted by atomic mass is 10.1. The van der Waals surface area contributed by atoms with E-state index in [4.69, 9.17) is 9.84 Å². The highest BCUT2D eigenvalue weighted by atomic mass is 16.5. The van der Waals surface area contributed by atoms with E-state index in [2.05, 4.69) is 9.80 Å². The van der Waals surface area contributed by atoms with Gasteiger partial charge >= 0.3 is 5.97 Å². The first kappa shape index (κ1) is 17.3. The normalized spacial score (nSPS) is 12.2. The molecule has 5 nitrogen and oxygen atoms in total. The van der Waals surface area contributed by atoms with Crippen molar-refractivity contribution in [1.82, 2.24) is 4.90 Å². The van der Waals surface area contributed by atoms with Gasteiger partial charge in [-0.3, -0.25) is 4.79 Å². The molecule has 0 aliphatic carbocycles. The number of carboxylic acid groups (broad SMARTS) is 1. The highest BCUT2D eigenvalue weighted by Crippen LogP contribution is 2.28. The van der Waals surface area contributed by atoms with Gasteiger partial charge in [-0.25, -0.2) is 0 Å². The molecule has 0 spiro atoms. The second-order valence-electron chi connectivity index (χ2n) is 5.51. The quantitative estimate of drug-likeness (QED) is 0.756. The molecular formula is C16H26N2O3. The van der Waals surface area contributed by atoms with Gasteiger partial charge in [0.1, 0.15) is 5.75 Å². The van der Waals surface area contributed by atoms with Crippen molar-refractivity contribution < 1.29 is 14.6 Å². The van der Waals surface area contributed by atoms with E-state index in [0.717, 1.165) is 30.9 Å². The van der Waals surface area contributed by atoms with Gasteiger partial charge < -0.3 is 19.6 Å². The number of anilines is 1. The van der Waals surface area contributed by atoms with Crippen LogP contribution in [0, 0.1) is 5.92 Å². The van der Waals surface area contributed by atoms with E-state index in [1.165, 1.54) is 0 Å². The zero-order chi connectivity index (χ0) is 15.8. The monoisotopic (exact) mass is 294 g/mol. The number of benzene rings is 1. The van der Waals surface area contributed by atoms with Crippen LogP contribution in [-0.4, -0.2) is 56.8 Å². The Kier molecular flexibility index (Phi) is 7.02. The molecule has 0 saturated heterocycles. The van der Waals surface area contributed by atoms with Crippen LogP contribution < -0.4 is 9.64 Å². The SMILES string of the molecule is COc1ccccc1N(CCCN(C)C)CC(C)C(=O)O. The Balaban J connectivity index is 2.86. The first-order valence-corrected chi connectivity index (χ1v) is 7.21. The molecule has 1 rings (SSSR count). The standard InChI is InChI=1S/C16H26N2O3/c1-13(16(19)20)12-18(11-7-10-17(2)3)14-8-5-6-9-15(14)21-4/h5-6,8-9,13H,7,10-12H2,1-4H3,(H,19,20). The van der Waals surface area contributed by atoms with Crippen LogP contribution >= 0.6 is 0 Å². The highest BCUT2D eigenvalue weighted by molar-refractivity contribution is 5.71. The van der Waals surface area contributed by atoms with Gasteiger partial charge in [-0.15, -0.1) is 0 Å². The number of hydrogen-bond donors (Lipinski definition) is 1. The van der Waals surface area contributed by atoms with E-state index >= 15 is 0 Å². The summed E-state index contributed by atoms with van der Waals surface area (Å²) < 4.78 is 5.40. The van der Waals surface area contributed by atoms with E-state index in [1.54, 1.807) is 14.0 Å². The predicted octanol–water partition coefficient (Wildman–Crippen LogP) is 2.17. The fourth-order valence-corrected chi connectivity index (χ4v) is 2.19. The van der Waals surface area contributed by atoms with Crippen LogP contribution in [0.3, 0.4) is 0 Å². The van der Waals surface area contributed by atoms with E-state index in [0.29, 0.717) is 6.54 Å². The van der Waals surface area contributed by atoms with E-state index < -0.39 is 11.9 Å². The van der Waals surface area contributed by atoms with Crippen molar-refractivity contribution in [3.63, 3.8) is 0 Å². The number of ether oxygens (including phenoxy) is 1. The molecule has 0 fully saturated rings. The summed E-state index contributed by atoms with van der Waals surface area (Å²) in [5.41, 5.74) is 0.951. The van der Waals surface area contributed by atoms with Gasteiger partial charge in [0, 0.05) is 13.1 Å². The maximum atomic E-state index is 11.1. The van der Waals surface area contributed by atoms with Gasteiger partial charge in [-0.1, -0.05) is 19.1 Å². The molecule has 0 heterocycles. The van der Waals surface area contributed by atoms with Crippen molar-refractivity contribution in [2.45, 2.75) is 13.3 Å². The minimum atomic E-state index is -0.775. The maximum Gasteiger partial charge on any atom is 0.308 e. The second kappa shape index (κ2) is 8.52. The molecule has 1 aromatic carbocycles. The van der Waals surface area contributed by atoms with Crippen LogP contribution in [0.25, 0.3) is 0 Å². The topological polar surface area (TPSA) is 53.0 Å². The predicted molar refractivity (Wildman–Crippen MR) is 85.2 cm³/mol. The third-order valence-electron chi connectivity index (χ3n) is 3.38. The van der Waals surface area contributed by atoms with Crippen molar-refractivity contribution in [3.8, 4) is 5.75 Å². The smallest absolute Gasteiger partial charge is 0.308 e. The van der Waals surface area contributed by atoms with Crippen molar-refractivity contribution in [2.24, 2.45) is 5.92 Å². The molecule has 1 atom stereocenters. The first-order chi connectivity index (χ1) is 9.95. The summed E-state index contributed by atoms with van der Waals surface area (Å²) in [6, 6.07) is 7.74. The van der Waals surface area contributed by atoms with Crippen LogP contribution in [0.5, 0.6) is 5.75 Å². The molecule has 5 heteroatoms. The third kappa shape index (κ3) is 5.63. The van der Waals surface area contributed by atoms with Crippen molar-refractivity contribution in [3.05, 3.63) is 24.3 Å². The molecule has 1 N–H and O–H groups in total. The number of methoxy groups -OCH3 is 1. The van der Waals surface area contributed by atoms with Gasteiger partial charge in [0.05, 0.1) is 18.7 Å². The van der Waals surface area contributed by atoms with Gasteiger partial charge in [0.25, 0.3) is 0 Å². The number of para-hydroxylation sites is 2. The molecule has 0 saturated carbocycles. The molecule has 0 aliphatic heterocycles. The van der Waals surface area contributed by atoms with Gasteiger partial charge in [-0.05, 0) is 39.2 Å². The Bertz CT molecular complexity index is 449. The van der Waals surface area contributed by atoms with Crippen molar-refractivity contribution >= 4 is 11.7 Å². The lowest BCUT2D eigenvalue weighted by Gasteiger charge is -2.28. The molecule has 21 heavy (non-hydrogen) atoms. The van der Waals surface area contributed by atoms with Gasteiger partial charge in [0.15, 0.2) is 0 Å². The van der Waals surface area contributed by atoms with Gasteiger partial charge in [0.2, 0.25) is 0 Å². The summed E-state index contributed by atoms with van der Waals surface area (Å²) in [5, 5.41) is 9.15. The summed E-state index contributed by atoms with van der Waals surface area (Å²) in [7, 11) is 5.71. The number of nitrogens with zero attached hydrogens (tertiary/aromatic N) is 2. The van der Waals surface area contributed by atoms with E-state index in [1.807, 2.05) is 38.4 Å². The molecule has 0 amide bonds. The Morgan fingerprint density at radius 1 is 1.29 bits per heavy atom.